The molecule has 4 rings (SSSR count). The summed E-state index contributed by atoms with van der Waals surface area (Å²) in [6.45, 7) is 10.9. The fraction of sp³-hybridized carbons (Fsp3) is 0.486. The van der Waals surface area contributed by atoms with E-state index in [9.17, 15) is 32.7 Å². The van der Waals surface area contributed by atoms with Crippen molar-refractivity contribution < 1.29 is 37.0 Å². The van der Waals surface area contributed by atoms with Crippen LogP contribution in [0.15, 0.2) is 41.2 Å². The van der Waals surface area contributed by atoms with Crippen molar-refractivity contribution in [3.05, 3.63) is 86.1 Å². The predicted octanol–water partition coefficient (Wildman–Crippen LogP) is 5.79. The van der Waals surface area contributed by atoms with Crippen LogP contribution < -0.4 is 10.9 Å². The Kier molecular flexibility index (Phi) is 11.5. The number of ether oxygens (including phenoxy) is 1. The van der Waals surface area contributed by atoms with Gasteiger partial charge in [-0.05, 0) is 73.1 Å². The Hall–Kier alpha value is -4.10. The Morgan fingerprint density at radius 1 is 1.08 bits per heavy atom. The molecule has 260 valence electrons. The van der Waals surface area contributed by atoms with Crippen LogP contribution in [0.25, 0.3) is 11.1 Å². The number of aromatic nitrogens is 2. The molecule has 0 unspecified atom stereocenters. The number of carboxylic acid groups (broad SMARTS) is 1. The Bertz CT molecular complexity index is 1700. The van der Waals surface area contributed by atoms with Crippen LogP contribution in [-0.2, 0) is 26.9 Å². The molecule has 2 heterocycles. The first-order chi connectivity index (χ1) is 22.5. The number of amides is 1. The van der Waals surface area contributed by atoms with Crippen LogP contribution in [0.4, 0.5) is 17.6 Å². The van der Waals surface area contributed by atoms with E-state index < -0.39 is 59.1 Å². The van der Waals surface area contributed by atoms with Gasteiger partial charge in [-0.1, -0.05) is 32.0 Å². The molecule has 1 saturated heterocycles. The van der Waals surface area contributed by atoms with Crippen LogP contribution in [0.3, 0.4) is 0 Å². The molecule has 1 aromatic heterocycles. The number of carbonyl (C=O) groups excluding carboxylic acids is 1. The van der Waals surface area contributed by atoms with E-state index in [1.165, 1.54) is 6.07 Å². The number of carbonyl (C=O) groups is 2. The molecule has 48 heavy (non-hydrogen) atoms. The molecule has 1 fully saturated rings. The number of likely N-dealkylation sites (tertiary alicyclic amines) is 1. The topological polar surface area (TPSA) is 114 Å². The van der Waals surface area contributed by atoms with Crippen LogP contribution >= 0.6 is 0 Å². The maximum absolute atomic E-state index is 15.8. The zero-order valence-corrected chi connectivity index (χ0v) is 27.9. The van der Waals surface area contributed by atoms with Crippen LogP contribution in [0.5, 0.6) is 0 Å². The average Bonchev–Trinajstić information content (AvgIpc) is 2.95. The van der Waals surface area contributed by atoms with E-state index in [1.807, 2.05) is 13.8 Å². The van der Waals surface area contributed by atoms with Crippen LogP contribution in [0.2, 0.25) is 0 Å². The molecule has 3 aromatic rings. The smallest absolute Gasteiger partial charge is 0.419 e. The first-order valence-electron chi connectivity index (χ1n) is 15.8. The molecule has 1 amide bonds. The zero-order chi connectivity index (χ0) is 35.5. The van der Waals surface area contributed by atoms with Crippen LogP contribution in [0.1, 0.15) is 72.3 Å². The third-order valence-electron chi connectivity index (χ3n) is 8.71. The van der Waals surface area contributed by atoms with Crippen LogP contribution in [0, 0.1) is 32.5 Å². The number of hydrogen-bond donors (Lipinski definition) is 2. The van der Waals surface area contributed by atoms with Crippen molar-refractivity contribution in [2.24, 2.45) is 5.92 Å². The second-order valence-electron chi connectivity index (χ2n) is 12.9. The van der Waals surface area contributed by atoms with Crippen molar-refractivity contribution in [2.45, 2.75) is 78.2 Å². The first-order valence-corrected chi connectivity index (χ1v) is 15.8. The molecule has 2 atom stereocenters. The minimum atomic E-state index is -5.11. The molecule has 1 aliphatic heterocycles. The van der Waals surface area contributed by atoms with Gasteiger partial charge in [-0.15, -0.1) is 0 Å². The van der Waals surface area contributed by atoms with Crippen molar-refractivity contribution in [1.82, 2.24) is 20.0 Å². The van der Waals surface area contributed by atoms with Gasteiger partial charge in [0.25, 0.3) is 5.56 Å². The molecule has 0 spiro atoms. The minimum Gasteiger partial charge on any atom is -0.481 e. The van der Waals surface area contributed by atoms with E-state index in [0.29, 0.717) is 47.0 Å². The lowest BCUT2D eigenvalue weighted by Gasteiger charge is -2.38. The summed E-state index contributed by atoms with van der Waals surface area (Å²) in [5.41, 5.74) is 0.154. The van der Waals surface area contributed by atoms with E-state index in [4.69, 9.17) is 4.74 Å². The number of alkyl halides is 3. The Balaban J connectivity index is 1.76. The molecular weight excluding hydrogens is 632 g/mol. The zero-order valence-electron chi connectivity index (χ0n) is 27.9. The monoisotopic (exact) mass is 674 g/mol. The average molecular weight is 675 g/mol. The standard InChI is InChI=1S/C35H42F4N4O5/c1-19(2)12-29(43-30(44)13-22(5)27(41-43)10-11-42-17-24(18-42)48-6)34(47)40-28(16-31(45)46)25-14-23(15-26(33(25)36)35(37,38)39)32-20(3)8-7-9-21(32)4/h7-9,13-15,19,24,28-29H,10-12,16-18H2,1-6H3,(H,40,47)(H,45,46)/t28-,29-/m0/s1. The third-order valence-corrected chi connectivity index (χ3v) is 8.71. The molecule has 0 saturated carbocycles. The van der Waals surface area contributed by atoms with Gasteiger partial charge in [0.2, 0.25) is 5.91 Å². The molecule has 2 aromatic carbocycles. The van der Waals surface area contributed by atoms with Crippen LogP contribution in [-0.4, -0.2) is 64.5 Å². The summed E-state index contributed by atoms with van der Waals surface area (Å²) in [6, 6.07) is 5.41. The fourth-order valence-corrected chi connectivity index (χ4v) is 6.15. The number of nitrogens with zero attached hydrogens (tertiary/aromatic N) is 3. The van der Waals surface area contributed by atoms with Crippen molar-refractivity contribution in [2.75, 3.05) is 26.7 Å². The molecule has 1 aliphatic rings. The Morgan fingerprint density at radius 3 is 2.29 bits per heavy atom. The maximum atomic E-state index is 15.8. The summed E-state index contributed by atoms with van der Waals surface area (Å²) in [7, 11) is 1.65. The van der Waals surface area contributed by atoms with Crippen molar-refractivity contribution in [1.29, 1.82) is 0 Å². The third kappa shape index (κ3) is 8.48. The van der Waals surface area contributed by atoms with Gasteiger partial charge in [0.15, 0.2) is 0 Å². The molecule has 9 nitrogen and oxygen atoms in total. The first kappa shape index (κ1) is 36.7. The number of hydrogen-bond acceptors (Lipinski definition) is 6. The number of halogens is 4. The molecule has 0 bridgehead atoms. The van der Waals surface area contributed by atoms with Crippen molar-refractivity contribution in [3.63, 3.8) is 0 Å². The predicted molar refractivity (Wildman–Crippen MR) is 172 cm³/mol. The maximum Gasteiger partial charge on any atom is 0.419 e. The van der Waals surface area contributed by atoms with E-state index in [2.05, 4.69) is 15.3 Å². The van der Waals surface area contributed by atoms with Crippen molar-refractivity contribution in [3.8, 4) is 11.1 Å². The van der Waals surface area contributed by atoms with Gasteiger partial charge < -0.3 is 15.2 Å². The number of nitrogens with one attached hydrogen (secondary N) is 1. The number of aryl methyl sites for hydroxylation is 3. The summed E-state index contributed by atoms with van der Waals surface area (Å²) < 4.78 is 64.7. The fourth-order valence-electron chi connectivity index (χ4n) is 6.15. The van der Waals surface area contributed by atoms with E-state index >= 15 is 4.39 Å². The quantitative estimate of drug-likeness (QED) is 0.221. The lowest BCUT2D eigenvalue weighted by molar-refractivity contribution is -0.140. The number of benzene rings is 2. The summed E-state index contributed by atoms with van der Waals surface area (Å²) in [5.74, 6) is -4.17. The van der Waals surface area contributed by atoms with Gasteiger partial charge in [0, 0.05) is 44.8 Å². The lowest BCUT2D eigenvalue weighted by atomic mass is 9.90. The number of methoxy groups -OCH3 is 1. The second-order valence-corrected chi connectivity index (χ2v) is 12.9. The van der Waals surface area contributed by atoms with Gasteiger partial charge in [-0.25, -0.2) is 9.07 Å². The molecular formula is C35H42F4N4O5. The highest BCUT2D eigenvalue weighted by Crippen LogP contribution is 2.40. The Labute approximate surface area is 276 Å². The van der Waals surface area contributed by atoms with E-state index in [-0.39, 0.29) is 24.0 Å². The minimum absolute atomic E-state index is 0.0257. The SMILES string of the molecule is COC1CN(CCc2nn([C@@H](CC(C)C)C(=O)N[C@@H](CC(=O)O)c3cc(-c4c(C)cccc4C)cc(C(F)(F)F)c3F)c(=O)cc2C)C1. The highest BCUT2D eigenvalue weighted by molar-refractivity contribution is 5.82. The summed E-state index contributed by atoms with van der Waals surface area (Å²) in [6.07, 6.45) is -5.29. The molecule has 2 N–H and O–H groups in total. The summed E-state index contributed by atoms with van der Waals surface area (Å²) in [4.78, 5) is 41.4. The van der Waals surface area contributed by atoms with Crippen molar-refractivity contribution >= 4 is 11.9 Å². The molecule has 0 radical (unpaired) electrons. The molecule has 0 aliphatic carbocycles. The normalized spacial score (nSPS) is 15.3. The molecule has 13 heteroatoms. The number of rotatable bonds is 13. The van der Waals surface area contributed by atoms with E-state index in [1.54, 1.807) is 46.1 Å². The highest BCUT2D eigenvalue weighted by Gasteiger charge is 2.38. The summed E-state index contributed by atoms with van der Waals surface area (Å²) in [5, 5.41) is 16.8. The van der Waals surface area contributed by atoms with Gasteiger partial charge >= 0.3 is 12.1 Å². The van der Waals surface area contributed by atoms with Gasteiger partial charge in [0.1, 0.15) is 11.9 Å². The summed E-state index contributed by atoms with van der Waals surface area (Å²) >= 11 is 0. The highest BCUT2D eigenvalue weighted by atomic mass is 19.4. The van der Waals surface area contributed by atoms with Gasteiger partial charge in [-0.3, -0.25) is 19.3 Å². The number of carboxylic acids is 1. The Morgan fingerprint density at radius 2 is 1.73 bits per heavy atom. The largest absolute Gasteiger partial charge is 0.481 e. The van der Waals surface area contributed by atoms with E-state index in [0.717, 1.165) is 23.8 Å². The van der Waals surface area contributed by atoms with Gasteiger partial charge in [-0.2, -0.15) is 18.3 Å². The number of aliphatic carboxylic acids is 1. The second kappa shape index (κ2) is 15.0. The lowest BCUT2D eigenvalue weighted by Crippen LogP contribution is -2.52. The van der Waals surface area contributed by atoms with Gasteiger partial charge in [0.05, 0.1) is 29.8 Å².